The Bertz CT molecular complexity index is 1060. The zero-order valence-corrected chi connectivity index (χ0v) is 19.3. The molecule has 0 aliphatic rings. The fourth-order valence-electron chi connectivity index (χ4n) is 2.95. The van der Waals surface area contributed by atoms with Gasteiger partial charge in [-0.15, -0.1) is 0 Å². The molecule has 162 valence electrons. The largest absolute Gasteiger partial charge is 0.325 e. The Hall–Kier alpha value is -2.74. The van der Waals surface area contributed by atoms with E-state index in [1.54, 1.807) is 30.5 Å². The minimum absolute atomic E-state index is 0.227. The van der Waals surface area contributed by atoms with Gasteiger partial charge < -0.3 is 16.0 Å². The first-order chi connectivity index (χ1) is 14.7. The van der Waals surface area contributed by atoms with Crippen molar-refractivity contribution >= 4 is 46.4 Å². The van der Waals surface area contributed by atoms with Crippen molar-refractivity contribution in [2.75, 3.05) is 10.6 Å². The Balaban J connectivity index is 1.75. The molecule has 0 saturated heterocycles. The normalized spacial score (nSPS) is 10.9. The number of anilines is 3. The summed E-state index contributed by atoms with van der Waals surface area (Å²) >= 11 is 12.7. The Labute approximate surface area is 191 Å². The summed E-state index contributed by atoms with van der Waals surface area (Å²) in [5, 5.41) is 9.83. The average Bonchev–Trinajstić information content (AvgIpc) is 2.65. The first-order valence-electron chi connectivity index (χ1n) is 9.79. The maximum Gasteiger partial charge on any atom is 0.258 e. The summed E-state index contributed by atoms with van der Waals surface area (Å²) in [6.45, 7) is 8.42. The molecule has 1 aromatic carbocycles. The number of benzene rings is 1. The summed E-state index contributed by atoms with van der Waals surface area (Å²) in [5.41, 5.74) is 2.52. The van der Waals surface area contributed by atoms with Crippen molar-refractivity contribution in [1.82, 2.24) is 20.3 Å². The molecule has 0 bridgehead atoms. The number of hydrogen-bond donors (Lipinski definition) is 3. The van der Waals surface area contributed by atoms with Crippen LogP contribution in [0.25, 0.3) is 0 Å². The van der Waals surface area contributed by atoms with E-state index in [9.17, 15) is 4.79 Å². The van der Waals surface area contributed by atoms with E-state index in [2.05, 4.69) is 44.7 Å². The van der Waals surface area contributed by atoms with Crippen LogP contribution in [0.1, 0.15) is 41.3 Å². The highest BCUT2D eigenvalue weighted by atomic mass is 35.5. The maximum absolute atomic E-state index is 12.8. The fourth-order valence-corrected chi connectivity index (χ4v) is 3.65. The summed E-state index contributed by atoms with van der Waals surface area (Å²) in [4.78, 5) is 25.7. The number of aromatic nitrogens is 3. The molecule has 31 heavy (non-hydrogen) atoms. The van der Waals surface area contributed by atoms with E-state index in [1.165, 1.54) is 0 Å². The van der Waals surface area contributed by atoms with Crippen molar-refractivity contribution in [3.63, 3.8) is 0 Å². The summed E-state index contributed by atoms with van der Waals surface area (Å²) in [5.74, 6) is 1.41. The van der Waals surface area contributed by atoms with Crippen LogP contribution in [0.3, 0.4) is 0 Å². The van der Waals surface area contributed by atoms with Gasteiger partial charge in [-0.3, -0.25) is 4.79 Å². The number of nitrogens with zero attached hydrogens (tertiary/aromatic N) is 3. The van der Waals surface area contributed by atoms with Gasteiger partial charge in [0.2, 0.25) is 0 Å². The molecule has 3 N–H and O–H groups in total. The molecule has 0 aliphatic carbocycles. The van der Waals surface area contributed by atoms with E-state index in [0.717, 1.165) is 11.3 Å². The number of halogens is 2. The first kappa shape index (κ1) is 22.9. The van der Waals surface area contributed by atoms with Gasteiger partial charge in [-0.1, -0.05) is 37.0 Å². The Kier molecular flexibility index (Phi) is 7.43. The third kappa shape index (κ3) is 6.37. The van der Waals surface area contributed by atoms with Gasteiger partial charge in [-0.25, -0.2) is 15.0 Å². The van der Waals surface area contributed by atoms with Crippen LogP contribution in [0.4, 0.5) is 17.3 Å². The Morgan fingerprint density at radius 2 is 1.74 bits per heavy atom. The van der Waals surface area contributed by atoms with Crippen LogP contribution < -0.4 is 16.0 Å². The van der Waals surface area contributed by atoms with Gasteiger partial charge in [0.25, 0.3) is 5.91 Å². The van der Waals surface area contributed by atoms with Gasteiger partial charge in [0.15, 0.2) is 0 Å². The molecule has 0 radical (unpaired) electrons. The van der Waals surface area contributed by atoms with Gasteiger partial charge in [-0.05, 0) is 37.6 Å². The number of pyridine rings is 1. The zero-order valence-electron chi connectivity index (χ0n) is 17.8. The number of nitrogens with one attached hydrogen (secondary N) is 3. The highest BCUT2D eigenvalue weighted by Crippen LogP contribution is 2.28. The molecule has 0 fully saturated rings. The number of hydrogen-bond acceptors (Lipinski definition) is 6. The monoisotopic (exact) mass is 458 g/mol. The molecule has 0 atom stereocenters. The van der Waals surface area contributed by atoms with E-state index in [1.807, 2.05) is 19.9 Å². The van der Waals surface area contributed by atoms with Crippen LogP contribution in [-0.4, -0.2) is 26.9 Å². The van der Waals surface area contributed by atoms with Gasteiger partial charge in [-0.2, -0.15) is 0 Å². The van der Waals surface area contributed by atoms with E-state index in [0.29, 0.717) is 45.8 Å². The number of rotatable bonds is 7. The molecule has 0 saturated carbocycles. The van der Waals surface area contributed by atoms with Gasteiger partial charge in [0.1, 0.15) is 17.5 Å². The first-order valence-corrected chi connectivity index (χ1v) is 10.5. The molecule has 0 aliphatic heterocycles. The van der Waals surface area contributed by atoms with E-state index in [4.69, 9.17) is 23.2 Å². The van der Waals surface area contributed by atoms with Crippen LogP contribution >= 0.6 is 23.2 Å². The van der Waals surface area contributed by atoms with Crippen molar-refractivity contribution in [3.05, 3.63) is 69.2 Å². The van der Waals surface area contributed by atoms with Crippen molar-refractivity contribution in [3.8, 4) is 0 Å². The fraction of sp³-hybridized carbons (Fsp3) is 0.273. The van der Waals surface area contributed by atoms with Gasteiger partial charge in [0, 0.05) is 42.3 Å². The topological polar surface area (TPSA) is 91.8 Å². The summed E-state index contributed by atoms with van der Waals surface area (Å²) in [6.07, 6.45) is 1.59. The Morgan fingerprint density at radius 1 is 1.03 bits per heavy atom. The summed E-state index contributed by atoms with van der Waals surface area (Å²) in [7, 11) is 0. The van der Waals surface area contributed by atoms with E-state index < -0.39 is 5.91 Å². The van der Waals surface area contributed by atoms with E-state index in [-0.39, 0.29) is 5.56 Å². The summed E-state index contributed by atoms with van der Waals surface area (Å²) < 4.78 is 0. The van der Waals surface area contributed by atoms with Crippen molar-refractivity contribution in [2.45, 2.75) is 40.3 Å². The van der Waals surface area contributed by atoms with Gasteiger partial charge in [0.05, 0.1) is 15.6 Å². The molecule has 0 unspecified atom stereocenters. The van der Waals surface area contributed by atoms with Crippen molar-refractivity contribution in [1.29, 1.82) is 0 Å². The van der Waals surface area contributed by atoms with Gasteiger partial charge >= 0.3 is 0 Å². The summed E-state index contributed by atoms with van der Waals surface area (Å²) in [6, 6.07) is 9.02. The maximum atomic E-state index is 12.8. The molecular weight excluding hydrogens is 435 g/mol. The molecule has 9 heteroatoms. The van der Waals surface area contributed by atoms with Crippen molar-refractivity contribution < 1.29 is 4.79 Å². The standard InChI is InChI=1S/C22H24Cl2N6O/c1-12(2)26-11-15-8-17(23)21(18(24)9-15)22(31)29-16-5-6-25-19(10-16)30-20-7-13(3)27-14(4)28-20/h5-10,12,26H,11H2,1-4H3,(H2,25,27,28,29,30,31). The average molecular weight is 459 g/mol. The SMILES string of the molecule is Cc1cc(Nc2cc(NC(=O)c3c(Cl)cc(CNC(C)C)cc3Cl)ccn2)nc(C)n1. The van der Waals surface area contributed by atoms with Crippen LogP contribution in [0, 0.1) is 13.8 Å². The lowest BCUT2D eigenvalue weighted by Crippen LogP contribution is -2.22. The predicted molar refractivity (Wildman–Crippen MR) is 125 cm³/mol. The lowest BCUT2D eigenvalue weighted by Gasteiger charge is -2.13. The van der Waals surface area contributed by atoms with Crippen LogP contribution in [0.5, 0.6) is 0 Å². The lowest BCUT2D eigenvalue weighted by molar-refractivity contribution is 0.102. The molecule has 1 amide bonds. The molecule has 2 heterocycles. The number of amides is 1. The third-order valence-electron chi connectivity index (χ3n) is 4.28. The zero-order chi connectivity index (χ0) is 22.5. The smallest absolute Gasteiger partial charge is 0.258 e. The number of aryl methyl sites for hydroxylation is 2. The van der Waals surface area contributed by atoms with Crippen molar-refractivity contribution in [2.24, 2.45) is 0 Å². The van der Waals surface area contributed by atoms with Crippen LogP contribution in [-0.2, 0) is 6.54 Å². The molecular formula is C22H24Cl2N6O. The minimum atomic E-state index is -0.399. The minimum Gasteiger partial charge on any atom is -0.325 e. The Morgan fingerprint density at radius 3 is 2.39 bits per heavy atom. The molecule has 2 aromatic heterocycles. The molecule has 3 aromatic rings. The second-order valence-corrected chi connectivity index (χ2v) is 8.24. The predicted octanol–water partition coefficient (Wildman–Crippen LogP) is 5.29. The number of carbonyl (C=O) groups is 1. The van der Waals surface area contributed by atoms with E-state index >= 15 is 0 Å². The number of carbonyl (C=O) groups excluding carboxylic acids is 1. The quantitative estimate of drug-likeness (QED) is 0.445. The second kappa shape index (κ2) is 10.0. The second-order valence-electron chi connectivity index (χ2n) is 7.42. The third-order valence-corrected chi connectivity index (χ3v) is 4.88. The molecule has 0 spiro atoms. The highest BCUT2D eigenvalue weighted by Gasteiger charge is 2.17. The molecule has 3 rings (SSSR count). The van der Waals surface area contributed by atoms with Crippen LogP contribution in [0.15, 0.2) is 36.5 Å². The van der Waals surface area contributed by atoms with Crippen LogP contribution in [0.2, 0.25) is 10.0 Å². The molecule has 7 nitrogen and oxygen atoms in total. The lowest BCUT2D eigenvalue weighted by atomic mass is 10.1. The highest BCUT2D eigenvalue weighted by molar-refractivity contribution is 6.40.